The first kappa shape index (κ1) is 50.7. The molecule has 16 heteroatoms. The average Bonchev–Trinajstić information content (AvgIpc) is 2.91. The Balaban J connectivity index is -0.000000193. The van der Waals surface area contributed by atoms with Crippen LogP contribution < -0.4 is 21.3 Å². The zero-order valence-electron chi connectivity index (χ0n) is 26.8. The lowest BCUT2D eigenvalue weighted by Gasteiger charge is -2.16. The molecule has 0 aliphatic rings. The van der Waals surface area contributed by atoms with E-state index >= 15 is 0 Å². The van der Waals surface area contributed by atoms with Gasteiger partial charge in [-0.3, -0.25) is 33.6 Å². The molecule has 44 heavy (non-hydrogen) atoms. The zero-order chi connectivity index (χ0) is 33.4. The normalized spacial score (nSPS) is 10.5. The molecule has 0 fully saturated rings. The number of nitrogens with one attached hydrogen (secondary N) is 4. The summed E-state index contributed by atoms with van der Waals surface area (Å²) in [6.45, 7) is 15.9. The summed E-state index contributed by atoms with van der Waals surface area (Å²) >= 11 is 0. The topological polar surface area (TPSA) is 215 Å². The number of rotatable bonds is 17. The molecule has 5 N–H and O–H groups in total. The van der Waals surface area contributed by atoms with Crippen molar-refractivity contribution in [2.75, 3.05) is 25.6 Å². The third-order valence-electron chi connectivity index (χ3n) is 4.85. The van der Waals surface area contributed by atoms with Crippen molar-refractivity contribution in [2.45, 2.75) is 73.3 Å². The van der Waals surface area contributed by atoms with Crippen LogP contribution in [0.25, 0.3) is 0 Å². The first-order valence-electron chi connectivity index (χ1n) is 13.1. The van der Waals surface area contributed by atoms with Crippen LogP contribution in [-0.2, 0) is 38.4 Å². The van der Waals surface area contributed by atoms with Crippen molar-refractivity contribution in [1.29, 1.82) is 0 Å². The maximum Gasteiger partial charge on any atom is 0.246 e. The fourth-order valence-electron chi connectivity index (χ4n) is 2.78. The minimum atomic E-state index is -0.508. The Hall–Kier alpha value is -2.95. The van der Waals surface area contributed by atoms with Crippen LogP contribution in [0.5, 0.6) is 0 Å². The van der Waals surface area contributed by atoms with E-state index in [1.165, 1.54) is 56.3 Å². The Bertz CT molecular complexity index is 927. The standard InChI is InChI=1S/C14H24N2O4S2.2C7H11NO2.H2O.H2S/c1-5-13(19)12(16-10(3)18)8-22-21-7-11(6-9(2)17)14(20)15-4;1-5(4-6(2)9)7(10)8-3;1-4-7(10)5(2)8-6(3)9;;/h11-12H,5-8H2,1-4H3,(H,15,20)(H,16,18);1,4H2,2-3H3,(H,8,10);2,4H2,1,3H3,(H,8,9);2*1H2/p-1. The number of carbonyl (C=O) groups excluding carboxylic acids is 8. The van der Waals surface area contributed by atoms with E-state index in [1.807, 2.05) is 0 Å². The molecular formula is C28H49N4O9S3-. The summed E-state index contributed by atoms with van der Waals surface area (Å²) in [6, 6.07) is -0.508. The van der Waals surface area contributed by atoms with Crippen molar-refractivity contribution >= 4 is 81.8 Å². The molecule has 4 amide bonds. The fraction of sp³-hybridized carbons (Fsp3) is 0.571. The maximum absolute atomic E-state index is 11.7. The summed E-state index contributed by atoms with van der Waals surface area (Å²) in [7, 11) is 5.90. The van der Waals surface area contributed by atoms with Gasteiger partial charge in [0.25, 0.3) is 0 Å². The average molecular weight is 682 g/mol. The second-order valence-electron chi connectivity index (χ2n) is 8.86. The van der Waals surface area contributed by atoms with Crippen LogP contribution in [-0.4, -0.2) is 83.9 Å². The molecule has 0 heterocycles. The van der Waals surface area contributed by atoms with Gasteiger partial charge < -0.3 is 31.5 Å². The molecular weight excluding hydrogens is 633 g/mol. The smallest absolute Gasteiger partial charge is 0.246 e. The SMILES string of the molecule is C=C(CC(C)=O)C(=O)NC.C=C(NC(C)=O)C(=O)CC.CCC(=O)C(CSSCC(CC(C)=O)C(=O)NC)NC(C)=O.S.[OH-]. The molecule has 0 aliphatic carbocycles. The summed E-state index contributed by atoms with van der Waals surface area (Å²) < 4.78 is 0. The molecule has 0 aromatic carbocycles. The molecule has 2 unspecified atom stereocenters. The van der Waals surface area contributed by atoms with Crippen LogP contribution in [0, 0.1) is 5.92 Å². The Labute approximate surface area is 275 Å². The Kier molecular flexibility index (Phi) is 34.7. The van der Waals surface area contributed by atoms with Gasteiger partial charge in [0.1, 0.15) is 11.6 Å². The maximum atomic E-state index is 11.7. The largest absolute Gasteiger partial charge is 0.870 e. The number of ketones is 4. The van der Waals surface area contributed by atoms with Gasteiger partial charge in [-0.05, 0) is 13.8 Å². The number of amides is 4. The zero-order valence-corrected chi connectivity index (χ0v) is 29.5. The molecule has 0 radical (unpaired) electrons. The van der Waals surface area contributed by atoms with Gasteiger partial charge in [0.2, 0.25) is 23.6 Å². The van der Waals surface area contributed by atoms with Gasteiger partial charge in [0.05, 0.1) is 17.7 Å². The van der Waals surface area contributed by atoms with Crippen molar-refractivity contribution in [3.8, 4) is 0 Å². The monoisotopic (exact) mass is 681 g/mol. The molecule has 254 valence electrons. The van der Waals surface area contributed by atoms with Gasteiger partial charge in [0, 0.05) is 70.7 Å². The summed E-state index contributed by atoms with van der Waals surface area (Å²) in [5, 5.41) is 9.87. The van der Waals surface area contributed by atoms with Crippen LogP contribution in [0.2, 0.25) is 0 Å². The number of likely N-dealkylation sites (N-methyl/N-ethyl adjacent to an activating group) is 1. The highest BCUT2D eigenvalue weighted by Gasteiger charge is 2.21. The molecule has 0 bridgehead atoms. The van der Waals surface area contributed by atoms with E-state index in [-0.39, 0.29) is 90.2 Å². The van der Waals surface area contributed by atoms with Gasteiger partial charge in [-0.2, -0.15) is 13.5 Å². The Morgan fingerprint density at radius 3 is 1.64 bits per heavy atom. The molecule has 0 rings (SSSR count). The minimum absolute atomic E-state index is 0. The number of Topliss-reactive ketones (excluding diaryl/α,β-unsaturated/α-hetero) is 4. The first-order valence-corrected chi connectivity index (χ1v) is 15.6. The van der Waals surface area contributed by atoms with Crippen molar-refractivity contribution in [3.05, 3.63) is 24.4 Å². The first-order chi connectivity index (χ1) is 19.5. The van der Waals surface area contributed by atoms with E-state index < -0.39 is 6.04 Å². The predicted molar refractivity (Wildman–Crippen MR) is 180 cm³/mol. The lowest BCUT2D eigenvalue weighted by atomic mass is 10.0. The van der Waals surface area contributed by atoms with Crippen LogP contribution in [0.4, 0.5) is 0 Å². The highest BCUT2D eigenvalue weighted by Crippen LogP contribution is 2.26. The van der Waals surface area contributed by atoms with Crippen molar-refractivity contribution < 1.29 is 43.8 Å². The lowest BCUT2D eigenvalue weighted by Crippen LogP contribution is -2.41. The predicted octanol–water partition coefficient (Wildman–Crippen LogP) is 2.01. The van der Waals surface area contributed by atoms with Crippen LogP contribution >= 0.6 is 35.1 Å². The van der Waals surface area contributed by atoms with Crippen molar-refractivity contribution in [1.82, 2.24) is 21.3 Å². The summed E-state index contributed by atoms with van der Waals surface area (Å²) in [6.07, 6.45) is 1.08. The van der Waals surface area contributed by atoms with Crippen molar-refractivity contribution in [3.63, 3.8) is 0 Å². The highest BCUT2D eigenvalue weighted by atomic mass is 33.1. The summed E-state index contributed by atoms with van der Waals surface area (Å²) in [5.41, 5.74) is 0.491. The van der Waals surface area contributed by atoms with Gasteiger partial charge in [-0.1, -0.05) is 48.6 Å². The molecule has 13 nitrogen and oxygen atoms in total. The van der Waals surface area contributed by atoms with E-state index in [4.69, 9.17) is 0 Å². The van der Waals surface area contributed by atoms with E-state index in [0.29, 0.717) is 29.9 Å². The van der Waals surface area contributed by atoms with E-state index in [2.05, 4.69) is 34.4 Å². The molecule has 0 saturated carbocycles. The van der Waals surface area contributed by atoms with E-state index in [0.717, 1.165) is 0 Å². The van der Waals surface area contributed by atoms with Crippen LogP contribution in [0.1, 0.15) is 67.2 Å². The van der Waals surface area contributed by atoms with Crippen LogP contribution in [0.15, 0.2) is 24.4 Å². The van der Waals surface area contributed by atoms with Gasteiger partial charge in [-0.15, -0.1) is 0 Å². The molecule has 0 aromatic rings. The number of allylic oxidation sites excluding steroid dienone is 1. The molecule has 2 atom stereocenters. The second kappa shape index (κ2) is 30.1. The van der Waals surface area contributed by atoms with Crippen molar-refractivity contribution in [2.24, 2.45) is 5.92 Å². The Morgan fingerprint density at radius 1 is 0.750 bits per heavy atom. The number of hydrogen-bond donors (Lipinski definition) is 4. The quantitative estimate of drug-likeness (QED) is 0.0990. The van der Waals surface area contributed by atoms with Gasteiger partial charge in [0.15, 0.2) is 11.6 Å². The number of hydrogen-bond acceptors (Lipinski definition) is 11. The third-order valence-corrected chi connectivity index (χ3v) is 7.34. The van der Waals surface area contributed by atoms with E-state index in [1.54, 1.807) is 20.9 Å². The summed E-state index contributed by atoms with van der Waals surface area (Å²) in [4.78, 5) is 87.9. The number of carbonyl (C=O) groups is 8. The van der Waals surface area contributed by atoms with Gasteiger partial charge in [-0.25, -0.2) is 0 Å². The van der Waals surface area contributed by atoms with Crippen LogP contribution in [0.3, 0.4) is 0 Å². The Morgan fingerprint density at radius 2 is 1.27 bits per heavy atom. The molecule has 0 saturated heterocycles. The highest BCUT2D eigenvalue weighted by molar-refractivity contribution is 8.76. The second-order valence-corrected chi connectivity index (χ2v) is 11.4. The third kappa shape index (κ3) is 29.1. The lowest BCUT2D eigenvalue weighted by molar-refractivity contribution is -0.127. The molecule has 0 aliphatic heterocycles. The van der Waals surface area contributed by atoms with Gasteiger partial charge >= 0.3 is 0 Å². The summed E-state index contributed by atoms with van der Waals surface area (Å²) in [5.74, 6) is -0.601. The van der Waals surface area contributed by atoms with E-state index in [9.17, 15) is 38.4 Å². The fourth-order valence-corrected chi connectivity index (χ4v) is 5.29. The molecule has 0 spiro atoms. The molecule has 0 aromatic heterocycles. The minimum Gasteiger partial charge on any atom is -0.870 e.